The summed E-state index contributed by atoms with van der Waals surface area (Å²) in [5, 5.41) is 0. The van der Waals surface area contributed by atoms with Gasteiger partial charge < -0.3 is 4.57 Å². The lowest BCUT2D eigenvalue weighted by Crippen LogP contribution is -2.30. The number of carbonyl (C=O) groups excluding carboxylic acids is 1. The SMILES string of the molecule is CC1(C)CC(=O)c2c(ncn2C2CCc3cc(Br)ccc3C2)C1. The van der Waals surface area contributed by atoms with E-state index >= 15 is 0 Å². The largest absolute Gasteiger partial charge is 0.324 e. The van der Waals surface area contributed by atoms with Gasteiger partial charge in [0.2, 0.25) is 0 Å². The van der Waals surface area contributed by atoms with Crippen LogP contribution in [0, 0.1) is 5.41 Å². The summed E-state index contributed by atoms with van der Waals surface area (Å²) in [6, 6.07) is 6.89. The zero-order chi connectivity index (χ0) is 16.2. The molecule has 0 bridgehead atoms. The minimum absolute atomic E-state index is 0.0364. The number of rotatable bonds is 1. The number of aryl methyl sites for hydroxylation is 1. The first-order chi connectivity index (χ1) is 10.9. The van der Waals surface area contributed by atoms with E-state index in [9.17, 15) is 4.79 Å². The van der Waals surface area contributed by atoms with Crippen molar-refractivity contribution in [3.8, 4) is 0 Å². The average molecular weight is 373 g/mol. The van der Waals surface area contributed by atoms with E-state index in [0.717, 1.165) is 41.5 Å². The number of carbonyl (C=O) groups is 1. The Bertz CT molecular complexity index is 791. The van der Waals surface area contributed by atoms with Crippen molar-refractivity contribution in [2.75, 3.05) is 0 Å². The number of nitrogens with zero attached hydrogens (tertiary/aromatic N) is 2. The van der Waals surface area contributed by atoms with Crippen molar-refractivity contribution in [2.24, 2.45) is 5.41 Å². The lowest BCUT2D eigenvalue weighted by atomic mass is 9.77. The van der Waals surface area contributed by atoms with E-state index in [1.54, 1.807) is 0 Å². The predicted octanol–water partition coefficient (Wildman–Crippen LogP) is 4.53. The fraction of sp³-hybridized carbons (Fsp3) is 0.474. The van der Waals surface area contributed by atoms with Gasteiger partial charge in [0, 0.05) is 16.9 Å². The molecule has 2 aromatic rings. The summed E-state index contributed by atoms with van der Waals surface area (Å²) in [5.74, 6) is 0.260. The molecule has 0 N–H and O–H groups in total. The van der Waals surface area contributed by atoms with Crippen LogP contribution in [0.15, 0.2) is 29.0 Å². The number of hydrogen-bond acceptors (Lipinski definition) is 2. The summed E-state index contributed by atoms with van der Waals surface area (Å²) in [7, 11) is 0. The van der Waals surface area contributed by atoms with E-state index in [-0.39, 0.29) is 11.2 Å². The number of Topliss-reactive ketones (excluding diaryl/α,β-unsaturated/α-hetero) is 1. The molecule has 4 heteroatoms. The van der Waals surface area contributed by atoms with E-state index < -0.39 is 0 Å². The Morgan fingerprint density at radius 1 is 1.26 bits per heavy atom. The summed E-state index contributed by atoms with van der Waals surface area (Å²) < 4.78 is 3.31. The fourth-order valence-corrected chi connectivity index (χ4v) is 4.50. The third-order valence-corrected chi connectivity index (χ3v) is 5.68. The van der Waals surface area contributed by atoms with Crippen LogP contribution in [0.1, 0.15) is 60.0 Å². The summed E-state index contributed by atoms with van der Waals surface area (Å²) in [6.07, 6.45) is 6.55. The monoisotopic (exact) mass is 372 g/mol. The quantitative estimate of drug-likeness (QED) is 0.736. The average Bonchev–Trinajstić information content (AvgIpc) is 2.89. The lowest BCUT2D eigenvalue weighted by molar-refractivity contribution is 0.0897. The summed E-state index contributed by atoms with van der Waals surface area (Å²) >= 11 is 3.55. The van der Waals surface area contributed by atoms with Gasteiger partial charge in [-0.25, -0.2) is 4.98 Å². The molecule has 4 rings (SSSR count). The number of halogens is 1. The minimum Gasteiger partial charge on any atom is -0.324 e. The lowest BCUT2D eigenvalue weighted by Gasteiger charge is -2.31. The van der Waals surface area contributed by atoms with Gasteiger partial charge in [-0.1, -0.05) is 35.8 Å². The second-order valence-electron chi connectivity index (χ2n) is 7.70. The van der Waals surface area contributed by atoms with Crippen molar-refractivity contribution < 1.29 is 4.79 Å². The molecule has 0 spiro atoms. The molecule has 3 nitrogen and oxygen atoms in total. The number of aromatic nitrogens is 2. The minimum atomic E-state index is 0.0364. The van der Waals surface area contributed by atoms with E-state index in [0.29, 0.717) is 12.5 Å². The van der Waals surface area contributed by atoms with Crippen LogP contribution >= 0.6 is 15.9 Å². The Morgan fingerprint density at radius 3 is 2.91 bits per heavy atom. The topological polar surface area (TPSA) is 34.9 Å². The Balaban J connectivity index is 1.67. The number of imidazole rings is 1. The van der Waals surface area contributed by atoms with E-state index in [1.807, 2.05) is 6.33 Å². The van der Waals surface area contributed by atoms with Crippen LogP contribution in [-0.4, -0.2) is 15.3 Å². The van der Waals surface area contributed by atoms with Crippen molar-refractivity contribution in [3.63, 3.8) is 0 Å². The molecule has 1 heterocycles. The highest BCUT2D eigenvalue weighted by Crippen LogP contribution is 2.37. The van der Waals surface area contributed by atoms with Crippen LogP contribution in [0.5, 0.6) is 0 Å². The zero-order valence-corrected chi connectivity index (χ0v) is 15.2. The molecule has 0 fully saturated rings. The standard InChI is InChI=1S/C19H21BrN2O/c1-19(2)9-16-18(17(23)10-19)22(11-21-16)15-6-4-12-7-14(20)5-3-13(12)8-15/h3,5,7,11,15H,4,6,8-10H2,1-2H3. The molecule has 1 unspecified atom stereocenters. The Labute approximate surface area is 145 Å². The zero-order valence-electron chi connectivity index (χ0n) is 13.6. The van der Waals surface area contributed by atoms with Gasteiger partial charge in [-0.05, 0) is 54.4 Å². The summed E-state index contributed by atoms with van der Waals surface area (Å²) in [5.41, 5.74) is 4.73. The molecule has 0 aliphatic heterocycles. The van der Waals surface area contributed by atoms with Crippen LogP contribution < -0.4 is 0 Å². The first-order valence-electron chi connectivity index (χ1n) is 8.29. The third kappa shape index (κ3) is 2.67. The molecule has 23 heavy (non-hydrogen) atoms. The number of benzene rings is 1. The molecule has 0 saturated carbocycles. The molecule has 2 aliphatic carbocycles. The van der Waals surface area contributed by atoms with Gasteiger partial charge in [0.05, 0.1) is 12.0 Å². The Kier molecular flexibility index (Phi) is 3.49. The number of fused-ring (bicyclic) bond motifs is 2. The van der Waals surface area contributed by atoms with Crippen LogP contribution in [0.2, 0.25) is 0 Å². The fourth-order valence-electron chi connectivity index (χ4n) is 4.09. The van der Waals surface area contributed by atoms with Gasteiger partial charge in [-0.15, -0.1) is 0 Å². The van der Waals surface area contributed by atoms with Crippen molar-refractivity contribution >= 4 is 21.7 Å². The van der Waals surface area contributed by atoms with Crippen molar-refractivity contribution in [1.82, 2.24) is 9.55 Å². The highest BCUT2D eigenvalue weighted by molar-refractivity contribution is 9.10. The predicted molar refractivity (Wildman–Crippen MR) is 93.9 cm³/mol. The molecule has 0 saturated heterocycles. The normalized spacial score (nSPS) is 22.6. The second kappa shape index (κ2) is 5.30. The van der Waals surface area contributed by atoms with E-state index in [1.165, 1.54) is 11.1 Å². The highest BCUT2D eigenvalue weighted by Gasteiger charge is 2.36. The van der Waals surface area contributed by atoms with Crippen molar-refractivity contribution in [3.05, 3.63) is 51.5 Å². The molecule has 0 radical (unpaired) electrons. The molecule has 120 valence electrons. The first kappa shape index (κ1) is 15.1. The third-order valence-electron chi connectivity index (χ3n) is 5.18. The summed E-state index contributed by atoms with van der Waals surface area (Å²) in [6.45, 7) is 4.31. The van der Waals surface area contributed by atoms with Gasteiger partial charge in [0.15, 0.2) is 5.78 Å². The van der Waals surface area contributed by atoms with Gasteiger partial charge in [0.25, 0.3) is 0 Å². The number of ketones is 1. The maximum absolute atomic E-state index is 12.6. The highest BCUT2D eigenvalue weighted by atomic mass is 79.9. The second-order valence-corrected chi connectivity index (χ2v) is 8.61. The smallest absolute Gasteiger partial charge is 0.181 e. The molecule has 1 atom stereocenters. The van der Waals surface area contributed by atoms with Gasteiger partial charge in [0.1, 0.15) is 5.69 Å². The van der Waals surface area contributed by atoms with Gasteiger partial charge >= 0.3 is 0 Å². The first-order valence-corrected chi connectivity index (χ1v) is 9.08. The maximum atomic E-state index is 12.6. The van der Waals surface area contributed by atoms with Gasteiger partial charge in [-0.2, -0.15) is 0 Å². The molecular formula is C19H21BrN2O. The van der Waals surface area contributed by atoms with Crippen LogP contribution in [-0.2, 0) is 19.3 Å². The van der Waals surface area contributed by atoms with E-state index in [2.05, 4.69) is 57.5 Å². The van der Waals surface area contributed by atoms with Crippen molar-refractivity contribution in [1.29, 1.82) is 0 Å². The summed E-state index contributed by atoms with van der Waals surface area (Å²) in [4.78, 5) is 17.2. The van der Waals surface area contributed by atoms with Crippen LogP contribution in [0.4, 0.5) is 0 Å². The molecule has 1 aromatic heterocycles. The van der Waals surface area contributed by atoms with Crippen LogP contribution in [0.3, 0.4) is 0 Å². The molecule has 2 aliphatic rings. The van der Waals surface area contributed by atoms with Crippen molar-refractivity contribution in [2.45, 2.75) is 52.0 Å². The van der Waals surface area contributed by atoms with E-state index in [4.69, 9.17) is 0 Å². The van der Waals surface area contributed by atoms with Crippen LogP contribution in [0.25, 0.3) is 0 Å². The Hall–Kier alpha value is -1.42. The van der Waals surface area contributed by atoms with Gasteiger partial charge in [-0.3, -0.25) is 4.79 Å². The molecule has 1 aromatic carbocycles. The number of hydrogen-bond donors (Lipinski definition) is 0. The molecule has 0 amide bonds. The molecular weight excluding hydrogens is 352 g/mol. The maximum Gasteiger partial charge on any atom is 0.181 e. The Morgan fingerprint density at radius 2 is 2.09 bits per heavy atom.